The summed E-state index contributed by atoms with van der Waals surface area (Å²) in [5, 5.41) is -0.891. The van der Waals surface area contributed by atoms with Crippen LogP contribution in [0.25, 0.3) is 0 Å². The summed E-state index contributed by atoms with van der Waals surface area (Å²) in [6.07, 6.45) is -0.00333. The van der Waals surface area contributed by atoms with Gasteiger partial charge < -0.3 is 4.74 Å². The molecular formula is C15H10ClF3O. The van der Waals surface area contributed by atoms with Crippen LogP contribution in [-0.4, -0.2) is 6.10 Å². The molecule has 0 amide bonds. The van der Waals surface area contributed by atoms with Crippen molar-refractivity contribution in [1.82, 2.24) is 0 Å². The van der Waals surface area contributed by atoms with Crippen molar-refractivity contribution in [3.8, 4) is 5.75 Å². The number of halogens is 4. The average Bonchev–Trinajstić information content (AvgIpc) is 2.86. The molecular weight excluding hydrogens is 289 g/mol. The van der Waals surface area contributed by atoms with Crippen LogP contribution in [-0.2, 0) is 6.42 Å². The zero-order chi connectivity index (χ0) is 14.3. The van der Waals surface area contributed by atoms with E-state index < -0.39 is 28.9 Å². The highest BCUT2D eigenvalue weighted by Crippen LogP contribution is 2.38. The lowest BCUT2D eigenvalue weighted by Gasteiger charge is -2.18. The monoisotopic (exact) mass is 298 g/mol. The van der Waals surface area contributed by atoms with E-state index >= 15 is 0 Å². The zero-order valence-corrected chi connectivity index (χ0v) is 11.0. The summed E-state index contributed by atoms with van der Waals surface area (Å²) in [4.78, 5) is 0. The van der Waals surface area contributed by atoms with Gasteiger partial charge in [0.15, 0.2) is 11.6 Å². The number of alkyl halides is 1. The maximum Gasteiger partial charge on any atom is 0.161 e. The van der Waals surface area contributed by atoms with E-state index in [1.807, 2.05) is 18.2 Å². The van der Waals surface area contributed by atoms with E-state index in [-0.39, 0.29) is 5.56 Å². The largest absolute Gasteiger partial charge is 0.488 e. The fourth-order valence-electron chi connectivity index (χ4n) is 2.32. The van der Waals surface area contributed by atoms with Gasteiger partial charge in [0, 0.05) is 18.1 Å². The predicted octanol–water partition coefficient (Wildman–Crippen LogP) is 4.39. The normalized spacial score (nSPS) is 18.5. The van der Waals surface area contributed by atoms with Gasteiger partial charge in [-0.1, -0.05) is 18.2 Å². The molecule has 2 aromatic rings. The molecule has 0 aromatic heterocycles. The minimum atomic E-state index is -1.23. The topological polar surface area (TPSA) is 9.23 Å². The van der Waals surface area contributed by atoms with Gasteiger partial charge in [-0.15, -0.1) is 11.6 Å². The van der Waals surface area contributed by atoms with Crippen LogP contribution in [0.5, 0.6) is 5.75 Å². The molecule has 0 N–H and O–H groups in total. The highest BCUT2D eigenvalue weighted by atomic mass is 35.5. The van der Waals surface area contributed by atoms with Crippen LogP contribution >= 0.6 is 11.6 Å². The lowest BCUT2D eigenvalue weighted by atomic mass is 10.0. The quantitative estimate of drug-likeness (QED) is 0.590. The van der Waals surface area contributed by atoms with Crippen LogP contribution in [0.1, 0.15) is 16.5 Å². The summed E-state index contributed by atoms with van der Waals surface area (Å²) >= 11 is 6.18. The number of para-hydroxylation sites is 1. The average molecular weight is 299 g/mol. The second kappa shape index (κ2) is 5.02. The molecule has 0 radical (unpaired) electrons. The second-order valence-electron chi connectivity index (χ2n) is 4.66. The summed E-state index contributed by atoms with van der Waals surface area (Å²) in [5.41, 5.74) is 0.870. The minimum absolute atomic E-state index is 0.0941. The maximum atomic E-state index is 13.7. The van der Waals surface area contributed by atoms with Gasteiger partial charge in [-0.2, -0.15) is 0 Å². The Morgan fingerprint density at radius 3 is 2.50 bits per heavy atom. The Bertz CT molecular complexity index is 635. The summed E-state index contributed by atoms with van der Waals surface area (Å²) in [7, 11) is 0. The van der Waals surface area contributed by atoms with Gasteiger partial charge >= 0.3 is 0 Å². The predicted molar refractivity (Wildman–Crippen MR) is 69.5 cm³/mol. The summed E-state index contributed by atoms with van der Waals surface area (Å²) in [6.45, 7) is 0. The van der Waals surface area contributed by atoms with Crippen LogP contribution in [0.3, 0.4) is 0 Å². The number of ether oxygens (including phenoxy) is 1. The first-order valence-electron chi connectivity index (χ1n) is 6.09. The third-order valence-electron chi connectivity index (χ3n) is 3.34. The van der Waals surface area contributed by atoms with Crippen molar-refractivity contribution in [1.29, 1.82) is 0 Å². The van der Waals surface area contributed by atoms with Crippen LogP contribution in [0.4, 0.5) is 13.2 Å². The molecule has 3 rings (SSSR count). The molecule has 1 nitrogen and oxygen atoms in total. The minimum Gasteiger partial charge on any atom is -0.488 e. The van der Waals surface area contributed by atoms with Crippen molar-refractivity contribution >= 4 is 11.6 Å². The Balaban J connectivity index is 1.88. The standard InChI is InChI=1S/C15H10ClF3O/c16-15(9-6-11(18)12(19)7-10(9)17)14-5-8-3-1-2-4-13(8)20-14/h1-4,6-7,14-15H,5H2. The van der Waals surface area contributed by atoms with Crippen molar-refractivity contribution in [2.75, 3.05) is 0 Å². The fourth-order valence-corrected chi connectivity index (χ4v) is 2.63. The molecule has 1 aliphatic rings. The van der Waals surface area contributed by atoms with Crippen LogP contribution in [0.15, 0.2) is 36.4 Å². The third kappa shape index (κ3) is 2.24. The number of benzene rings is 2. The molecule has 2 unspecified atom stereocenters. The number of hydrogen-bond acceptors (Lipinski definition) is 1. The molecule has 1 heterocycles. The Hall–Kier alpha value is -1.68. The Morgan fingerprint density at radius 2 is 1.75 bits per heavy atom. The molecule has 104 valence electrons. The third-order valence-corrected chi connectivity index (χ3v) is 3.85. The first-order valence-corrected chi connectivity index (χ1v) is 6.53. The van der Waals surface area contributed by atoms with Crippen molar-refractivity contribution in [3.05, 3.63) is 65.0 Å². The lowest BCUT2D eigenvalue weighted by molar-refractivity contribution is 0.225. The van der Waals surface area contributed by atoms with E-state index in [1.165, 1.54) is 0 Å². The number of rotatable bonds is 2. The van der Waals surface area contributed by atoms with Crippen molar-refractivity contribution < 1.29 is 17.9 Å². The number of hydrogen-bond donors (Lipinski definition) is 0. The first-order chi connectivity index (χ1) is 9.56. The summed E-state index contributed by atoms with van der Waals surface area (Å²) in [5.74, 6) is -2.54. The number of fused-ring (bicyclic) bond motifs is 1. The second-order valence-corrected chi connectivity index (χ2v) is 5.13. The first kappa shape index (κ1) is 13.3. The van der Waals surface area contributed by atoms with Gasteiger partial charge in [-0.25, -0.2) is 13.2 Å². The van der Waals surface area contributed by atoms with Crippen molar-refractivity contribution in [2.24, 2.45) is 0 Å². The van der Waals surface area contributed by atoms with Gasteiger partial charge in [0.05, 0.1) is 5.38 Å². The molecule has 5 heteroatoms. The molecule has 0 aliphatic carbocycles. The molecule has 0 spiro atoms. The molecule has 0 saturated carbocycles. The summed E-state index contributed by atoms with van der Waals surface area (Å²) in [6, 6.07) is 8.66. The van der Waals surface area contributed by atoms with Gasteiger partial charge in [0.1, 0.15) is 17.7 Å². The Labute approximate surface area is 118 Å². The maximum absolute atomic E-state index is 13.7. The van der Waals surface area contributed by atoms with Crippen LogP contribution in [0.2, 0.25) is 0 Å². The zero-order valence-electron chi connectivity index (χ0n) is 10.2. The molecule has 2 aromatic carbocycles. The highest BCUT2D eigenvalue weighted by Gasteiger charge is 2.32. The van der Waals surface area contributed by atoms with Crippen molar-refractivity contribution in [3.63, 3.8) is 0 Å². The Kier molecular flexibility index (Phi) is 3.34. The van der Waals surface area contributed by atoms with Gasteiger partial charge in [-0.05, 0) is 17.7 Å². The highest BCUT2D eigenvalue weighted by molar-refractivity contribution is 6.21. The molecule has 0 bridgehead atoms. The lowest BCUT2D eigenvalue weighted by Crippen LogP contribution is -2.20. The van der Waals surface area contributed by atoms with Crippen LogP contribution < -0.4 is 4.74 Å². The smallest absolute Gasteiger partial charge is 0.161 e. The van der Waals surface area contributed by atoms with Crippen molar-refractivity contribution in [2.45, 2.75) is 17.9 Å². The van der Waals surface area contributed by atoms with Crippen LogP contribution in [0, 0.1) is 17.5 Å². The molecule has 0 fully saturated rings. The van der Waals surface area contributed by atoms with E-state index in [0.717, 1.165) is 11.6 Å². The molecule has 1 aliphatic heterocycles. The van der Waals surface area contributed by atoms with E-state index in [1.54, 1.807) is 6.07 Å². The fraction of sp³-hybridized carbons (Fsp3) is 0.200. The van der Waals surface area contributed by atoms with E-state index in [0.29, 0.717) is 18.2 Å². The molecule has 0 saturated heterocycles. The van der Waals surface area contributed by atoms with E-state index in [4.69, 9.17) is 16.3 Å². The molecule has 20 heavy (non-hydrogen) atoms. The Morgan fingerprint density at radius 1 is 1.05 bits per heavy atom. The van der Waals surface area contributed by atoms with Gasteiger partial charge in [0.2, 0.25) is 0 Å². The van der Waals surface area contributed by atoms with Gasteiger partial charge in [0.25, 0.3) is 0 Å². The van der Waals surface area contributed by atoms with E-state index in [2.05, 4.69) is 0 Å². The van der Waals surface area contributed by atoms with E-state index in [9.17, 15) is 13.2 Å². The SMILES string of the molecule is Fc1cc(F)c(C(Cl)C2Cc3ccccc3O2)cc1F. The summed E-state index contributed by atoms with van der Waals surface area (Å²) < 4.78 is 45.5. The molecule has 2 atom stereocenters. The van der Waals surface area contributed by atoms with Gasteiger partial charge in [-0.3, -0.25) is 0 Å².